The van der Waals surface area contributed by atoms with Crippen molar-refractivity contribution in [3.05, 3.63) is 29.8 Å². The van der Waals surface area contributed by atoms with Gasteiger partial charge in [0.15, 0.2) is 6.10 Å². The minimum absolute atomic E-state index is 0.0315. The fourth-order valence-electron chi connectivity index (χ4n) is 1.77. The van der Waals surface area contributed by atoms with Gasteiger partial charge in [-0.25, -0.2) is 0 Å². The lowest BCUT2D eigenvalue weighted by Crippen LogP contribution is -2.50. The number of carbonyl (C=O) groups excluding carboxylic acids is 1. The third kappa shape index (κ3) is 5.38. The number of ether oxygens (including phenoxy) is 1. The molecular formula is C17H27NO3. The Bertz CT molecular complexity index is 489. The van der Waals surface area contributed by atoms with E-state index < -0.39 is 11.6 Å². The molecule has 0 spiro atoms. The summed E-state index contributed by atoms with van der Waals surface area (Å²) in [7, 11) is 0. The summed E-state index contributed by atoms with van der Waals surface area (Å²) in [5.74, 6) is 0.432. The summed E-state index contributed by atoms with van der Waals surface area (Å²) in [5.41, 5.74) is 0.536. The van der Waals surface area contributed by atoms with Crippen molar-refractivity contribution in [1.82, 2.24) is 5.32 Å². The monoisotopic (exact) mass is 293 g/mol. The molecule has 4 heteroatoms. The van der Waals surface area contributed by atoms with Crippen LogP contribution in [0.15, 0.2) is 24.3 Å². The standard InChI is InChI=1S/C17H27NO3/c1-12(15(20)18-17(5,6)11-19)21-14-9-7-8-13(10-14)16(2,3)4/h7-10,12,19H,11H2,1-6H3,(H,18,20). The molecule has 1 aromatic rings. The van der Waals surface area contributed by atoms with E-state index >= 15 is 0 Å². The van der Waals surface area contributed by atoms with Crippen LogP contribution in [0, 0.1) is 0 Å². The van der Waals surface area contributed by atoms with Crippen molar-refractivity contribution < 1.29 is 14.6 Å². The number of aliphatic hydroxyl groups excluding tert-OH is 1. The molecule has 0 aromatic heterocycles. The highest BCUT2D eigenvalue weighted by Crippen LogP contribution is 2.26. The topological polar surface area (TPSA) is 58.6 Å². The first-order chi connectivity index (χ1) is 9.55. The first kappa shape index (κ1) is 17.5. The van der Waals surface area contributed by atoms with Gasteiger partial charge in [0.1, 0.15) is 5.75 Å². The van der Waals surface area contributed by atoms with E-state index in [-0.39, 0.29) is 17.9 Å². The van der Waals surface area contributed by atoms with Gasteiger partial charge in [0.25, 0.3) is 5.91 Å². The molecule has 1 atom stereocenters. The van der Waals surface area contributed by atoms with Crippen LogP contribution in [0.25, 0.3) is 0 Å². The second kappa shape index (κ2) is 6.48. The van der Waals surface area contributed by atoms with E-state index in [4.69, 9.17) is 4.74 Å². The Balaban J connectivity index is 2.75. The molecule has 1 aromatic carbocycles. The van der Waals surface area contributed by atoms with Crippen LogP contribution in [0.3, 0.4) is 0 Å². The smallest absolute Gasteiger partial charge is 0.261 e. The maximum atomic E-state index is 12.1. The molecule has 0 fully saturated rings. The van der Waals surface area contributed by atoms with Gasteiger partial charge in [-0.05, 0) is 43.9 Å². The maximum absolute atomic E-state index is 12.1. The normalized spacial score (nSPS) is 13.7. The van der Waals surface area contributed by atoms with E-state index in [0.29, 0.717) is 5.75 Å². The molecule has 0 bridgehead atoms. The van der Waals surface area contributed by atoms with Crippen LogP contribution in [-0.4, -0.2) is 29.3 Å². The lowest BCUT2D eigenvalue weighted by molar-refractivity contribution is -0.129. The second-order valence-electron chi connectivity index (χ2n) is 7.07. The third-order valence-electron chi connectivity index (χ3n) is 3.24. The predicted octanol–water partition coefficient (Wildman–Crippen LogP) is 2.64. The number of rotatable bonds is 5. The largest absolute Gasteiger partial charge is 0.481 e. The Kier molecular flexibility index (Phi) is 5.40. The highest BCUT2D eigenvalue weighted by atomic mass is 16.5. The lowest BCUT2D eigenvalue weighted by Gasteiger charge is -2.26. The SMILES string of the molecule is CC(Oc1cccc(C(C)(C)C)c1)C(=O)NC(C)(C)CO. The van der Waals surface area contributed by atoms with E-state index in [1.54, 1.807) is 20.8 Å². The van der Waals surface area contributed by atoms with Gasteiger partial charge in [0.2, 0.25) is 0 Å². The molecule has 21 heavy (non-hydrogen) atoms. The maximum Gasteiger partial charge on any atom is 0.261 e. The third-order valence-corrected chi connectivity index (χ3v) is 3.24. The number of hydrogen-bond donors (Lipinski definition) is 2. The number of aliphatic hydroxyl groups is 1. The quantitative estimate of drug-likeness (QED) is 0.877. The molecule has 118 valence electrons. The molecule has 0 heterocycles. The molecule has 1 rings (SSSR count). The lowest BCUT2D eigenvalue weighted by atomic mass is 9.87. The van der Waals surface area contributed by atoms with Crippen LogP contribution < -0.4 is 10.1 Å². The van der Waals surface area contributed by atoms with Crippen LogP contribution in [0.1, 0.15) is 47.1 Å². The fourth-order valence-corrected chi connectivity index (χ4v) is 1.77. The molecule has 0 saturated heterocycles. The zero-order valence-corrected chi connectivity index (χ0v) is 13.9. The highest BCUT2D eigenvalue weighted by molar-refractivity contribution is 5.81. The summed E-state index contributed by atoms with van der Waals surface area (Å²) >= 11 is 0. The molecule has 0 aliphatic heterocycles. The summed E-state index contributed by atoms with van der Waals surface area (Å²) in [6.45, 7) is 11.5. The Morgan fingerprint density at radius 2 is 1.90 bits per heavy atom. The van der Waals surface area contributed by atoms with Crippen molar-refractivity contribution in [2.75, 3.05) is 6.61 Å². The van der Waals surface area contributed by atoms with Crippen LogP contribution >= 0.6 is 0 Å². The predicted molar refractivity (Wildman–Crippen MR) is 84.5 cm³/mol. The summed E-state index contributed by atoms with van der Waals surface area (Å²) in [6.07, 6.45) is -0.619. The molecular weight excluding hydrogens is 266 g/mol. The number of carbonyl (C=O) groups is 1. The van der Waals surface area contributed by atoms with Crippen molar-refractivity contribution in [1.29, 1.82) is 0 Å². The van der Waals surface area contributed by atoms with Crippen LogP contribution in [0.4, 0.5) is 0 Å². The number of hydrogen-bond acceptors (Lipinski definition) is 3. The van der Waals surface area contributed by atoms with Gasteiger partial charge in [0, 0.05) is 0 Å². The molecule has 1 amide bonds. The van der Waals surface area contributed by atoms with E-state index in [0.717, 1.165) is 5.56 Å². The van der Waals surface area contributed by atoms with Crippen LogP contribution in [0.2, 0.25) is 0 Å². The second-order valence-corrected chi connectivity index (χ2v) is 7.07. The van der Waals surface area contributed by atoms with Gasteiger partial charge >= 0.3 is 0 Å². The fraction of sp³-hybridized carbons (Fsp3) is 0.588. The van der Waals surface area contributed by atoms with Crippen molar-refractivity contribution in [2.24, 2.45) is 0 Å². The van der Waals surface area contributed by atoms with E-state index in [2.05, 4.69) is 26.1 Å². The summed E-state index contributed by atoms with van der Waals surface area (Å²) in [4.78, 5) is 12.1. The molecule has 2 N–H and O–H groups in total. The first-order valence-corrected chi connectivity index (χ1v) is 7.25. The van der Waals surface area contributed by atoms with E-state index in [1.807, 2.05) is 24.3 Å². The van der Waals surface area contributed by atoms with Gasteiger partial charge in [-0.1, -0.05) is 32.9 Å². The average Bonchev–Trinajstić information content (AvgIpc) is 2.37. The van der Waals surface area contributed by atoms with E-state index in [1.165, 1.54) is 0 Å². The summed E-state index contributed by atoms with van der Waals surface area (Å²) < 4.78 is 5.71. The van der Waals surface area contributed by atoms with Crippen molar-refractivity contribution >= 4 is 5.91 Å². The minimum atomic E-state index is -0.651. The van der Waals surface area contributed by atoms with Crippen molar-refractivity contribution in [3.63, 3.8) is 0 Å². The van der Waals surface area contributed by atoms with Crippen molar-refractivity contribution in [3.8, 4) is 5.75 Å². The molecule has 4 nitrogen and oxygen atoms in total. The summed E-state index contributed by atoms with van der Waals surface area (Å²) in [5, 5.41) is 11.9. The molecule has 0 saturated carbocycles. The summed E-state index contributed by atoms with van der Waals surface area (Å²) in [6, 6.07) is 7.78. The molecule has 0 radical (unpaired) electrons. The molecule has 0 aliphatic carbocycles. The Morgan fingerprint density at radius 3 is 2.43 bits per heavy atom. The number of benzene rings is 1. The number of amides is 1. The van der Waals surface area contributed by atoms with Gasteiger partial charge in [-0.3, -0.25) is 4.79 Å². The van der Waals surface area contributed by atoms with Gasteiger partial charge in [0.05, 0.1) is 12.1 Å². The van der Waals surface area contributed by atoms with Gasteiger partial charge in [-0.2, -0.15) is 0 Å². The zero-order chi connectivity index (χ0) is 16.3. The van der Waals surface area contributed by atoms with Gasteiger partial charge in [-0.15, -0.1) is 0 Å². The first-order valence-electron chi connectivity index (χ1n) is 7.25. The van der Waals surface area contributed by atoms with E-state index in [9.17, 15) is 9.90 Å². The zero-order valence-electron chi connectivity index (χ0n) is 13.9. The van der Waals surface area contributed by atoms with Crippen LogP contribution in [0.5, 0.6) is 5.75 Å². The Hall–Kier alpha value is -1.55. The average molecular weight is 293 g/mol. The molecule has 0 aliphatic rings. The van der Waals surface area contributed by atoms with Crippen molar-refractivity contribution in [2.45, 2.75) is 58.6 Å². The minimum Gasteiger partial charge on any atom is -0.481 e. The highest BCUT2D eigenvalue weighted by Gasteiger charge is 2.24. The Morgan fingerprint density at radius 1 is 1.29 bits per heavy atom. The van der Waals surface area contributed by atoms with Crippen LogP contribution in [-0.2, 0) is 10.2 Å². The number of nitrogens with one attached hydrogen (secondary N) is 1. The Labute approximate surface area is 127 Å². The van der Waals surface area contributed by atoms with Gasteiger partial charge < -0.3 is 15.2 Å². The molecule has 1 unspecified atom stereocenters.